The monoisotopic (exact) mass is 278 g/mol. The predicted octanol–water partition coefficient (Wildman–Crippen LogP) is 2.04. The average molecular weight is 278 g/mol. The van der Waals surface area contributed by atoms with E-state index < -0.39 is 5.97 Å². The van der Waals surface area contributed by atoms with E-state index in [1.54, 1.807) is 6.07 Å². The lowest BCUT2D eigenvalue weighted by atomic mass is 10.1. The van der Waals surface area contributed by atoms with Crippen molar-refractivity contribution < 1.29 is 14.3 Å². The third kappa shape index (κ3) is 2.88. The largest absolute Gasteiger partial charge is 0.475 e. The van der Waals surface area contributed by atoms with Crippen LogP contribution in [0.5, 0.6) is 0 Å². The first-order valence-electron chi connectivity index (χ1n) is 7.50. The van der Waals surface area contributed by atoms with Crippen LogP contribution >= 0.6 is 0 Å². The molecular formula is C15H22N2O3. The molecule has 0 radical (unpaired) electrons. The summed E-state index contributed by atoms with van der Waals surface area (Å²) in [5.41, 5.74) is 0.789. The van der Waals surface area contributed by atoms with Gasteiger partial charge >= 0.3 is 5.97 Å². The maximum atomic E-state index is 11.0. The number of hydrogen-bond donors (Lipinski definition) is 1. The Morgan fingerprint density at radius 2 is 2.10 bits per heavy atom. The Kier molecular flexibility index (Phi) is 4.08. The Morgan fingerprint density at radius 1 is 1.30 bits per heavy atom. The summed E-state index contributed by atoms with van der Waals surface area (Å²) in [6.07, 6.45) is 6.67. The number of aromatic carboxylic acids is 1. The molecule has 2 aliphatic rings. The molecule has 0 aliphatic carbocycles. The van der Waals surface area contributed by atoms with Crippen LogP contribution in [0.15, 0.2) is 16.7 Å². The zero-order valence-electron chi connectivity index (χ0n) is 11.8. The SMILES string of the molecule is O=C(O)c1occc1CN1CCC(N2CCCCC2)C1. The van der Waals surface area contributed by atoms with Gasteiger partial charge in [-0.2, -0.15) is 0 Å². The zero-order valence-corrected chi connectivity index (χ0v) is 11.8. The molecule has 20 heavy (non-hydrogen) atoms. The van der Waals surface area contributed by atoms with Gasteiger partial charge in [0.2, 0.25) is 5.76 Å². The maximum Gasteiger partial charge on any atom is 0.372 e. The molecule has 1 aromatic rings. The molecule has 2 aliphatic heterocycles. The van der Waals surface area contributed by atoms with Crippen molar-refractivity contribution in [1.29, 1.82) is 0 Å². The normalized spacial score (nSPS) is 25.1. The van der Waals surface area contributed by atoms with Gasteiger partial charge in [-0.3, -0.25) is 9.80 Å². The molecule has 0 amide bonds. The van der Waals surface area contributed by atoms with E-state index in [9.17, 15) is 4.79 Å². The van der Waals surface area contributed by atoms with E-state index >= 15 is 0 Å². The maximum absolute atomic E-state index is 11.0. The molecule has 1 N–H and O–H groups in total. The number of carboxylic acids is 1. The van der Waals surface area contributed by atoms with E-state index in [-0.39, 0.29) is 5.76 Å². The summed E-state index contributed by atoms with van der Waals surface area (Å²) in [7, 11) is 0. The van der Waals surface area contributed by atoms with Crippen molar-refractivity contribution in [1.82, 2.24) is 9.80 Å². The molecule has 5 nitrogen and oxygen atoms in total. The topological polar surface area (TPSA) is 56.9 Å². The minimum atomic E-state index is -0.975. The molecular weight excluding hydrogens is 256 g/mol. The smallest absolute Gasteiger partial charge is 0.372 e. The third-order valence-corrected chi connectivity index (χ3v) is 4.49. The van der Waals surface area contributed by atoms with Crippen molar-refractivity contribution in [2.24, 2.45) is 0 Å². The number of piperidine rings is 1. The molecule has 3 rings (SSSR count). The number of nitrogens with zero attached hydrogens (tertiary/aromatic N) is 2. The van der Waals surface area contributed by atoms with Gasteiger partial charge in [0, 0.05) is 31.2 Å². The van der Waals surface area contributed by atoms with Crippen LogP contribution in [0.25, 0.3) is 0 Å². The molecule has 5 heteroatoms. The van der Waals surface area contributed by atoms with Crippen LogP contribution in [0, 0.1) is 0 Å². The van der Waals surface area contributed by atoms with Gasteiger partial charge in [-0.25, -0.2) is 4.79 Å². The van der Waals surface area contributed by atoms with E-state index in [0.29, 0.717) is 12.6 Å². The molecule has 0 spiro atoms. The fraction of sp³-hybridized carbons (Fsp3) is 0.667. The van der Waals surface area contributed by atoms with E-state index in [0.717, 1.165) is 18.7 Å². The Labute approximate surface area is 119 Å². The number of rotatable bonds is 4. The van der Waals surface area contributed by atoms with Gasteiger partial charge in [-0.05, 0) is 38.4 Å². The minimum absolute atomic E-state index is 0.0893. The number of furan rings is 1. The fourth-order valence-corrected chi connectivity index (χ4v) is 3.43. The van der Waals surface area contributed by atoms with Gasteiger partial charge in [0.05, 0.1) is 6.26 Å². The second-order valence-corrected chi connectivity index (χ2v) is 5.85. The van der Waals surface area contributed by atoms with Gasteiger partial charge < -0.3 is 9.52 Å². The molecule has 3 heterocycles. The van der Waals surface area contributed by atoms with Crippen LogP contribution in [0.3, 0.4) is 0 Å². The summed E-state index contributed by atoms with van der Waals surface area (Å²) in [6.45, 7) is 5.23. The molecule has 110 valence electrons. The van der Waals surface area contributed by atoms with Crippen molar-refractivity contribution in [3.8, 4) is 0 Å². The zero-order chi connectivity index (χ0) is 13.9. The summed E-state index contributed by atoms with van der Waals surface area (Å²) in [6, 6.07) is 2.42. The Morgan fingerprint density at radius 3 is 2.85 bits per heavy atom. The van der Waals surface area contributed by atoms with E-state index in [1.165, 1.54) is 45.0 Å². The van der Waals surface area contributed by atoms with E-state index in [2.05, 4.69) is 9.80 Å². The molecule has 0 saturated carbocycles. The first kappa shape index (κ1) is 13.6. The first-order chi connectivity index (χ1) is 9.74. The van der Waals surface area contributed by atoms with Crippen molar-refractivity contribution >= 4 is 5.97 Å². The number of carbonyl (C=O) groups is 1. The Balaban J connectivity index is 1.57. The van der Waals surface area contributed by atoms with E-state index in [4.69, 9.17) is 9.52 Å². The molecule has 1 unspecified atom stereocenters. The van der Waals surface area contributed by atoms with Gasteiger partial charge in [0.25, 0.3) is 0 Å². The van der Waals surface area contributed by atoms with E-state index in [1.807, 2.05) is 0 Å². The van der Waals surface area contributed by atoms with Crippen LogP contribution in [0.2, 0.25) is 0 Å². The molecule has 2 fully saturated rings. The lowest BCUT2D eigenvalue weighted by Gasteiger charge is -2.32. The highest BCUT2D eigenvalue weighted by molar-refractivity contribution is 5.86. The van der Waals surface area contributed by atoms with Crippen LogP contribution in [-0.2, 0) is 6.54 Å². The summed E-state index contributed by atoms with van der Waals surface area (Å²) in [4.78, 5) is 16.0. The standard InChI is InChI=1S/C15H22N2O3/c18-15(19)14-12(5-9-20-14)10-16-8-4-13(11-16)17-6-2-1-3-7-17/h5,9,13H,1-4,6-8,10-11H2,(H,18,19). The number of carboxylic acid groups (broad SMARTS) is 1. The van der Waals surface area contributed by atoms with Gasteiger partial charge in [0.15, 0.2) is 0 Å². The lowest BCUT2D eigenvalue weighted by molar-refractivity contribution is 0.0659. The second-order valence-electron chi connectivity index (χ2n) is 5.85. The average Bonchev–Trinajstić information content (AvgIpc) is 3.09. The fourth-order valence-electron chi connectivity index (χ4n) is 3.43. The molecule has 0 aromatic carbocycles. The van der Waals surface area contributed by atoms with Crippen molar-refractivity contribution in [2.45, 2.75) is 38.3 Å². The summed E-state index contributed by atoms with van der Waals surface area (Å²) in [5, 5.41) is 9.06. The Bertz CT molecular complexity index is 465. The summed E-state index contributed by atoms with van der Waals surface area (Å²) >= 11 is 0. The molecule has 1 aromatic heterocycles. The Hall–Kier alpha value is -1.33. The number of hydrogen-bond acceptors (Lipinski definition) is 4. The van der Waals surface area contributed by atoms with Crippen molar-refractivity contribution in [3.05, 3.63) is 23.7 Å². The van der Waals surface area contributed by atoms with Crippen LogP contribution in [-0.4, -0.2) is 53.1 Å². The van der Waals surface area contributed by atoms with Gasteiger partial charge in [-0.15, -0.1) is 0 Å². The number of likely N-dealkylation sites (tertiary alicyclic amines) is 2. The second kappa shape index (κ2) is 5.97. The molecule has 0 bridgehead atoms. The third-order valence-electron chi connectivity index (χ3n) is 4.49. The van der Waals surface area contributed by atoms with Gasteiger partial charge in [0.1, 0.15) is 0 Å². The minimum Gasteiger partial charge on any atom is -0.475 e. The predicted molar refractivity (Wildman–Crippen MR) is 74.8 cm³/mol. The summed E-state index contributed by atoms with van der Waals surface area (Å²) < 4.78 is 5.04. The van der Waals surface area contributed by atoms with Crippen LogP contribution in [0.4, 0.5) is 0 Å². The van der Waals surface area contributed by atoms with Crippen molar-refractivity contribution in [3.63, 3.8) is 0 Å². The highest BCUT2D eigenvalue weighted by atomic mass is 16.4. The van der Waals surface area contributed by atoms with Crippen molar-refractivity contribution in [2.75, 3.05) is 26.2 Å². The summed E-state index contributed by atoms with van der Waals surface area (Å²) in [5.74, 6) is -0.886. The highest BCUT2D eigenvalue weighted by Gasteiger charge is 2.29. The first-order valence-corrected chi connectivity index (χ1v) is 7.50. The lowest BCUT2D eigenvalue weighted by Crippen LogP contribution is -2.40. The van der Waals surface area contributed by atoms with Crippen LogP contribution < -0.4 is 0 Å². The molecule has 2 saturated heterocycles. The highest BCUT2D eigenvalue weighted by Crippen LogP contribution is 2.22. The van der Waals surface area contributed by atoms with Gasteiger partial charge in [-0.1, -0.05) is 6.42 Å². The quantitative estimate of drug-likeness (QED) is 0.913. The van der Waals surface area contributed by atoms with Crippen LogP contribution in [0.1, 0.15) is 41.8 Å². The molecule has 1 atom stereocenters.